The van der Waals surface area contributed by atoms with Gasteiger partial charge in [-0.25, -0.2) is 4.98 Å². The fourth-order valence-corrected chi connectivity index (χ4v) is 2.48. The predicted octanol–water partition coefficient (Wildman–Crippen LogP) is 0.981. The maximum absolute atomic E-state index is 10.8. The van der Waals surface area contributed by atoms with Crippen LogP contribution in [0.15, 0.2) is 24.3 Å². The highest BCUT2D eigenvalue weighted by atomic mass is 16.6. The summed E-state index contributed by atoms with van der Waals surface area (Å²) in [5.74, 6) is 0.881. The Morgan fingerprint density at radius 1 is 1.22 bits per heavy atom. The van der Waals surface area contributed by atoms with Gasteiger partial charge >= 0.3 is 5.97 Å². The quantitative estimate of drug-likeness (QED) is 0.651. The van der Waals surface area contributed by atoms with E-state index in [1.165, 1.54) is 6.92 Å². The van der Waals surface area contributed by atoms with Crippen LogP contribution in [0.1, 0.15) is 6.92 Å². The summed E-state index contributed by atoms with van der Waals surface area (Å²) in [5.41, 5.74) is 0.846. The number of esters is 1. The Bertz CT molecular complexity index is 686. The van der Waals surface area contributed by atoms with Gasteiger partial charge in [-0.2, -0.15) is 4.98 Å². The number of ether oxygens (including phenoxy) is 2. The normalized spacial score (nSPS) is 14.7. The predicted molar refractivity (Wildman–Crippen MR) is 86.7 cm³/mol. The van der Waals surface area contributed by atoms with E-state index in [1.807, 2.05) is 24.3 Å². The third kappa shape index (κ3) is 3.87. The number of fused-ring (bicyclic) bond motifs is 1. The van der Waals surface area contributed by atoms with Crippen LogP contribution in [0, 0.1) is 0 Å². The van der Waals surface area contributed by atoms with Gasteiger partial charge in [-0.1, -0.05) is 12.1 Å². The number of piperazine rings is 1. The van der Waals surface area contributed by atoms with Crippen LogP contribution in [0.5, 0.6) is 5.88 Å². The molecule has 1 aliphatic heterocycles. The number of para-hydroxylation sites is 1. The number of rotatable bonds is 5. The van der Waals surface area contributed by atoms with Crippen molar-refractivity contribution in [2.24, 2.45) is 0 Å². The molecule has 7 heteroatoms. The summed E-state index contributed by atoms with van der Waals surface area (Å²) in [6.45, 7) is 5.41. The van der Waals surface area contributed by atoms with E-state index < -0.39 is 0 Å². The van der Waals surface area contributed by atoms with Gasteiger partial charge < -0.3 is 19.7 Å². The first-order chi connectivity index (χ1) is 11.2. The maximum atomic E-state index is 10.8. The first-order valence-electron chi connectivity index (χ1n) is 7.72. The van der Waals surface area contributed by atoms with Crippen molar-refractivity contribution in [2.75, 3.05) is 44.3 Å². The van der Waals surface area contributed by atoms with Crippen LogP contribution in [-0.4, -0.2) is 55.3 Å². The average Bonchev–Trinajstić information content (AvgIpc) is 2.59. The number of hydrogen-bond acceptors (Lipinski definition) is 7. The molecule has 1 aromatic heterocycles. The minimum atomic E-state index is -0.317. The molecule has 0 unspecified atom stereocenters. The molecule has 0 saturated carbocycles. The lowest BCUT2D eigenvalue weighted by Gasteiger charge is -2.27. The number of anilines is 1. The van der Waals surface area contributed by atoms with E-state index in [0.717, 1.165) is 37.1 Å². The van der Waals surface area contributed by atoms with E-state index in [2.05, 4.69) is 20.2 Å². The molecule has 0 amide bonds. The summed E-state index contributed by atoms with van der Waals surface area (Å²) in [6.07, 6.45) is 0. The van der Waals surface area contributed by atoms with E-state index >= 15 is 0 Å². The number of aromatic nitrogens is 2. The maximum Gasteiger partial charge on any atom is 0.302 e. The molecule has 1 aliphatic rings. The van der Waals surface area contributed by atoms with Gasteiger partial charge in [0.1, 0.15) is 13.2 Å². The van der Waals surface area contributed by atoms with Gasteiger partial charge in [-0.3, -0.25) is 4.79 Å². The highest BCUT2D eigenvalue weighted by molar-refractivity contribution is 5.84. The molecule has 2 aromatic rings. The zero-order chi connectivity index (χ0) is 16.1. The highest BCUT2D eigenvalue weighted by Gasteiger charge is 2.16. The van der Waals surface area contributed by atoms with Crippen molar-refractivity contribution in [1.29, 1.82) is 0 Å². The topological polar surface area (TPSA) is 76.6 Å². The summed E-state index contributed by atoms with van der Waals surface area (Å²) in [4.78, 5) is 22.2. The molecular formula is C16H20N4O3. The summed E-state index contributed by atoms with van der Waals surface area (Å²) in [6, 6.07) is 7.74. The second kappa shape index (κ2) is 7.23. The van der Waals surface area contributed by atoms with Crippen LogP contribution in [0.2, 0.25) is 0 Å². The van der Waals surface area contributed by atoms with Crippen molar-refractivity contribution >= 4 is 22.8 Å². The van der Waals surface area contributed by atoms with Crippen LogP contribution >= 0.6 is 0 Å². The van der Waals surface area contributed by atoms with Crippen molar-refractivity contribution in [3.63, 3.8) is 0 Å². The fraction of sp³-hybridized carbons (Fsp3) is 0.438. The van der Waals surface area contributed by atoms with E-state index in [0.29, 0.717) is 11.8 Å². The molecule has 0 atom stereocenters. The molecular weight excluding hydrogens is 296 g/mol. The van der Waals surface area contributed by atoms with Crippen LogP contribution in [0.4, 0.5) is 5.95 Å². The summed E-state index contributed by atoms with van der Waals surface area (Å²) in [7, 11) is 0. The monoisotopic (exact) mass is 316 g/mol. The van der Waals surface area contributed by atoms with Crippen molar-refractivity contribution in [3.05, 3.63) is 24.3 Å². The van der Waals surface area contributed by atoms with Crippen molar-refractivity contribution < 1.29 is 14.3 Å². The highest BCUT2D eigenvalue weighted by Crippen LogP contribution is 2.25. The van der Waals surface area contributed by atoms with Gasteiger partial charge in [0, 0.05) is 33.1 Å². The number of carbonyl (C=O) groups excluding carboxylic acids is 1. The first kappa shape index (κ1) is 15.5. The molecule has 0 aliphatic carbocycles. The molecule has 7 nitrogen and oxygen atoms in total. The molecule has 0 radical (unpaired) electrons. The van der Waals surface area contributed by atoms with Gasteiger partial charge in [0.25, 0.3) is 0 Å². The smallest absolute Gasteiger partial charge is 0.302 e. The molecule has 1 N–H and O–H groups in total. The van der Waals surface area contributed by atoms with Gasteiger partial charge in [-0.15, -0.1) is 0 Å². The number of nitrogens with one attached hydrogen (secondary N) is 1. The van der Waals surface area contributed by atoms with Crippen molar-refractivity contribution in [1.82, 2.24) is 15.3 Å². The molecule has 3 rings (SSSR count). The lowest BCUT2D eigenvalue weighted by molar-refractivity contribution is -0.141. The second-order valence-corrected chi connectivity index (χ2v) is 5.27. The first-order valence-corrected chi connectivity index (χ1v) is 7.72. The zero-order valence-corrected chi connectivity index (χ0v) is 13.1. The molecule has 2 heterocycles. The second-order valence-electron chi connectivity index (χ2n) is 5.27. The van der Waals surface area contributed by atoms with Crippen LogP contribution in [0.25, 0.3) is 10.9 Å². The Hall–Kier alpha value is -2.41. The third-order valence-corrected chi connectivity index (χ3v) is 3.58. The van der Waals surface area contributed by atoms with E-state index in [4.69, 9.17) is 9.47 Å². The standard InChI is InChI=1S/C16H20N4O3/c1-12(21)22-10-11-23-15-13-4-2-3-5-14(13)18-16(19-15)20-8-6-17-7-9-20/h2-5,17H,6-11H2,1H3. The van der Waals surface area contributed by atoms with Crippen molar-refractivity contribution in [3.8, 4) is 5.88 Å². The number of benzene rings is 1. The number of carbonyl (C=O) groups is 1. The lowest BCUT2D eigenvalue weighted by atomic mass is 10.2. The number of hydrogen-bond donors (Lipinski definition) is 1. The summed E-state index contributed by atoms with van der Waals surface area (Å²) < 4.78 is 10.6. The van der Waals surface area contributed by atoms with Crippen molar-refractivity contribution in [2.45, 2.75) is 6.92 Å². The van der Waals surface area contributed by atoms with Crippen LogP contribution < -0.4 is 15.0 Å². The molecule has 1 fully saturated rings. The molecule has 0 bridgehead atoms. The van der Waals surface area contributed by atoms with E-state index in [9.17, 15) is 4.79 Å². The minimum absolute atomic E-state index is 0.205. The Kier molecular flexibility index (Phi) is 4.87. The summed E-state index contributed by atoms with van der Waals surface area (Å²) in [5, 5.41) is 4.17. The van der Waals surface area contributed by atoms with Gasteiger partial charge in [0.2, 0.25) is 11.8 Å². The molecule has 23 heavy (non-hydrogen) atoms. The Morgan fingerprint density at radius 2 is 2.00 bits per heavy atom. The average molecular weight is 316 g/mol. The van der Waals surface area contributed by atoms with Crippen LogP contribution in [-0.2, 0) is 9.53 Å². The molecule has 0 spiro atoms. The van der Waals surface area contributed by atoms with E-state index in [-0.39, 0.29) is 19.2 Å². The molecule has 1 saturated heterocycles. The Balaban J connectivity index is 1.83. The summed E-state index contributed by atoms with van der Waals surface area (Å²) >= 11 is 0. The van der Waals surface area contributed by atoms with E-state index in [1.54, 1.807) is 0 Å². The molecule has 1 aromatic carbocycles. The van der Waals surface area contributed by atoms with Gasteiger partial charge in [-0.05, 0) is 12.1 Å². The lowest BCUT2D eigenvalue weighted by Crippen LogP contribution is -2.44. The van der Waals surface area contributed by atoms with Crippen LogP contribution in [0.3, 0.4) is 0 Å². The Morgan fingerprint density at radius 3 is 2.78 bits per heavy atom. The van der Waals surface area contributed by atoms with Gasteiger partial charge in [0.05, 0.1) is 10.9 Å². The number of nitrogens with zero attached hydrogens (tertiary/aromatic N) is 3. The third-order valence-electron chi connectivity index (χ3n) is 3.58. The fourth-order valence-electron chi connectivity index (χ4n) is 2.48. The minimum Gasteiger partial charge on any atom is -0.473 e. The molecule has 122 valence electrons. The Labute approximate surface area is 134 Å². The largest absolute Gasteiger partial charge is 0.473 e. The van der Waals surface area contributed by atoms with Gasteiger partial charge in [0.15, 0.2) is 0 Å². The zero-order valence-electron chi connectivity index (χ0n) is 13.1. The SMILES string of the molecule is CC(=O)OCCOc1nc(N2CCNCC2)nc2ccccc12.